The Morgan fingerprint density at radius 1 is 1.30 bits per heavy atom. The standard InChI is InChI=1S/C16H26ClNO2/c1-11-13(10-17)18-7-6-14(11)19-12-8-15(2,3)20-16(4,5)9-12/h6-7,11-12,14H,8-10H2,1-5H3. The largest absolute Gasteiger partial charge is 0.370 e. The fraction of sp³-hybridized carbons (Fsp3) is 0.812. The molecule has 2 atom stereocenters. The summed E-state index contributed by atoms with van der Waals surface area (Å²) in [4.78, 5) is 4.33. The van der Waals surface area contributed by atoms with Crippen LogP contribution < -0.4 is 0 Å². The van der Waals surface area contributed by atoms with E-state index in [1.807, 2.05) is 12.3 Å². The molecule has 2 aliphatic rings. The van der Waals surface area contributed by atoms with Crippen molar-refractivity contribution in [3.05, 3.63) is 12.3 Å². The Morgan fingerprint density at radius 2 is 1.90 bits per heavy atom. The van der Waals surface area contributed by atoms with Crippen LogP contribution in [0.3, 0.4) is 0 Å². The minimum atomic E-state index is -0.141. The van der Waals surface area contributed by atoms with Crippen LogP contribution in [0, 0.1) is 5.92 Å². The summed E-state index contributed by atoms with van der Waals surface area (Å²) in [6, 6.07) is 0. The second-order valence-electron chi connectivity index (χ2n) is 7.14. The minimum Gasteiger partial charge on any atom is -0.370 e. The van der Waals surface area contributed by atoms with Crippen molar-refractivity contribution in [2.45, 2.75) is 70.9 Å². The highest BCUT2D eigenvalue weighted by atomic mass is 35.5. The first-order chi connectivity index (χ1) is 9.22. The van der Waals surface area contributed by atoms with Gasteiger partial charge in [-0.3, -0.25) is 4.99 Å². The lowest BCUT2D eigenvalue weighted by Crippen LogP contribution is -2.49. The molecule has 0 aromatic carbocycles. The van der Waals surface area contributed by atoms with E-state index in [4.69, 9.17) is 21.1 Å². The fourth-order valence-corrected chi connectivity index (χ4v) is 3.65. The zero-order chi connectivity index (χ0) is 15.0. The third-order valence-electron chi connectivity index (χ3n) is 4.01. The van der Waals surface area contributed by atoms with Crippen molar-refractivity contribution in [3.8, 4) is 0 Å². The van der Waals surface area contributed by atoms with Gasteiger partial charge in [-0.15, -0.1) is 11.6 Å². The molecular weight excluding hydrogens is 274 g/mol. The molecule has 2 heterocycles. The van der Waals surface area contributed by atoms with Gasteiger partial charge < -0.3 is 9.47 Å². The normalized spacial score (nSPS) is 33.0. The fourth-order valence-electron chi connectivity index (χ4n) is 3.34. The first-order valence-corrected chi connectivity index (χ1v) is 7.91. The third kappa shape index (κ3) is 3.84. The molecule has 2 aliphatic heterocycles. The molecule has 0 radical (unpaired) electrons. The summed E-state index contributed by atoms with van der Waals surface area (Å²) < 4.78 is 12.4. The summed E-state index contributed by atoms with van der Waals surface area (Å²) in [5.41, 5.74) is 0.722. The van der Waals surface area contributed by atoms with Gasteiger partial charge in [-0.05, 0) is 33.8 Å². The molecule has 2 unspecified atom stereocenters. The quantitative estimate of drug-likeness (QED) is 0.739. The zero-order valence-electron chi connectivity index (χ0n) is 13.1. The average Bonchev–Trinajstić information content (AvgIpc) is 2.27. The van der Waals surface area contributed by atoms with Crippen molar-refractivity contribution in [3.63, 3.8) is 0 Å². The molecule has 0 N–H and O–H groups in total. The molecule has 1 fully saturated rings. The van der Waals surface area contributed by atoms with E-state index in [0.29, 0.717) is 5.88 Å². The Morgan fingerprint density at radius 3 is 2.45 bits per heavy atom. The van der Waals surface area contributed by atoms with Gasteiger partial charge >= 0.3 is 0 Å². The molecule has 0 saturated carbocycles. The van der Waals surface area contributed by atoms with Crippen molar-refractivity contribution in [2.75, 3.05) is 5.88 Å². The Labute approximate surface area is 127 Å². The minimum absolute atomic E-state index is 0.0657. The summed E-state index contributed by atoms with van der Waals surface area (Å²) in [6.45, 7) is 10.7. The maximum absolute atomic E-state index is 6.34. The molecular formula is C16H26ClNO2. The molecule has 0 aromatic heterocycles. The van der Waals surface area contributed by atoms with Crippen LogP contribution in [0.5, 0.6) is 0 Å². The maximum atomic E-state index is 6.34. The summed E-state index contributed by atoms with van der Waals surface area (Å²) in [7, 11) is 0. The summed E-state index contributed by atoms with van der Waals surface area (Å²) in [5, 5.41) is 0. The first-order valence-electron chi connectivity index (χ1n) is 7.37. The molecule has 114 valence electrons. The van der Waals surface area contributed by atoms with Gasteiger partial charge in [0.1, 0.15) is 0 Å². The van der Waals surface area contributed by atoms with Crippen LogP contribution >= 0.6 is 11.6 Å². The van der Waals surface area contributed by atoms with Gasteiger partial charge in [0.25, 0.3) is 0 Å². The van der Waals surface area contributed by atoms with Crippen LogP contribution in [-0.2, 0) is 9.47 Å². The zero-order valence-corrected chi connectivity index (χ0v) is 13.9. The van der Waals surface area contributed by atoms with E-state index in [1.54, 1.807) is 0 Å². The number of nitrogens with zero attached hydrogens (tertiary/aromatic N) is 1. The number of rotatable bonds is 3. The van der Waals surface area contributed by atoms with E-state index in [0.717, 1.165) is 18.6 Å². The van der Waals surface area contributed by atoms with Crippen molar-refractivity contribution in [1.29, 1.82) is 0 Å². The molecule has 2 rings (SSSR count). The van der Waals surface area contributed by atoms with Crippen molar-refractivity contribution in [1.82, 2.24) is 0 Å². The summed E-state index contributed by atoms with van der Waals surface area (Å²) in [5.74, 6) is 0.711. The number of hydrogen-bond donors (Lipinski definition) is 0. The number of halogens is 1. The van der Waals surface area contributed by atoms with E-state index >= 15 is 0 Å². The third-order valence-corrected chi connectivity index (χ3v) is 4.29. The molecule has 0 aromatic rings. The second-order valence-corrected chi connectivity index (χ2v) is 7.40. The highest BCUT2D eigenvalue weighted by molar-refractivity contribution is 6.29. The van der Waals surface area contributed by atoms with Gasteiger partial charge in [-0.2, -0.15) is 0 Å². The van der Waals surface area contributed by atoms with Crippen LogP contribution in [0.4, 0.5) is 0 Å². The molecule has 0 amide bonds. The van der Waals surface area contributed by atoms with Gasteiger partial charge in [0.05, 0.1) is 29.3 Å². The topological polar surface area (TPSA) is 30.8 Å². The predicted octanol–water partition coefficient (Wildman–Crippen LogP) is 3.95. The van der Waals surface area contributed by atoms with Crippen LogP contribution in [0.2, 0.25) is 0 Å². The lowest BCUT2D eigenvalue weighted by atomic mass is 9.86. The average molecular weight is 300 g/mol. The van der Waals surface area contributed by atoms with E-state index in [1.165, 1.54) is 0 Å². The Hall–Kier alpha value is -0.380. The van der Waals surface area contributed by atoms with Crippen LogP contribution in [0.25, 0.3) is 0 Å². The number of aliphatic imine (C=N–C) groups is 1. The number of ether oxygens (including phenoxy) is 2. The molecule has 4 heteroatoms. The van der Waals surface area contributed by atoms with Crippen LogP contribution in [0.1, 0.15) is 47.5 Å². The number of hydrogen-bond acceptors (Lipinski definition) is 3. The highest BCUT2D eigenvalue weighted by Gasteiger charge is 2.41. The highest BCUT2D eigenvalue weighted by Crippen LogP contribution is 2.37. The summed E-state index contributed by atoms with van der Waals surface area (Å²) >= 11 is 5.93. The lowest BCUT2D eigenvalue weighted by molar-refractivity contribution is -0.203. The molecule has 3 nitrogen and oxygen atoms in total. The van der Waals surface area contributed by atoms with Gasteiger partial charge in [0.2, 0.25) is 0 Å². The van der Waals surface area contributed by atoms with Gasteiger partial charge in [0.15, 0.2) is 0 Å². The number of alkyl halides is 1. The van der Waals surface area contributed by atoms with E-state index in [9.17, 15) is 0 Å². The molecule has 0 aliphatic carbocycles. The summed E-state index contributed by atoms with van der Waals surface area (Å²) in [6.07, 6.45) is 5.96. The monoisotopic (exact) mass is 299 g/mol. The Balaban J connectivity index is 2.03. The molecule has 20 heavy (non-hydrogen) atoms. The lowest BCUT2D eigenvalue weighted by Gasteiger charge is -2.46. The van der Waals surface area contributed by atoms with Crippen molar-refractivity contribution >= 4 is 17.3 Å². The van der Waals surface area contributed by atoms with Gasteiger partial charge in [-0.1, -0.05) is 6.92 Å². The van der Waals surface area contributed by atoms with E-state index < -0.39 is 0 Å². The smallest absolute Gasteiger partial charge is 0.0855 e. The van der Waals surface area contributed by atoms with E-state index in [2.05, 4.69) is 39.6 Å². The molecule has 1 saturated heterocycles. The Kier molecular flexibility index (Phi) is 4.63. The van der Waals surface area contributed by atoms with Crippen molar-refractivity contribution < 1.29 is 9.47 Å². The molecule has 0 bridgehead atoms. The predicted molar refractivity (Wildman–Crippen MR) is 83.6 cm³/mol. The SMILES string of the molecule is CC1C(CCl)=NC=CC1OC1CC(C)(C)OC(C)(C)C1. The first kappa shape index (κ1) is 16.0. The van der Waals surface area contributed by atoms with Gasteiger partial charge in [-0.25, -0.2) is 0 Å². The van der Waals surface area contributed by atoms with Gasteiger partial charge in [0, 0.05) is 30.7 Å². The molecule has 0 spiro atoms. The van der Waals surface area contributed by atoms with Crippen molar-refractivity contribution in [2.24, 2.45) is 10.9 Å². The maximum Gasteiger partial charge on any atom is 0.0855 e. The van der Waals surface area contributed by atoms with Crippen LogP contribution in [-0.4, -0.2) is 35.0 Å². The Bertz CT molecular complexity index is 399. The van der Waals surface area contributed by atoms with Crippen LogP contribution in [0.15, 0.2) is 17.3 Å². The van der Waals surface area contributed by atoms with E-state index in [-0.39, 0.29) is 29.3 Å². The second kappa shape index (κ2) is 5.78.